The highest BCUT2D eigenvalue weighted by Gasteiger charge is 2.52. The smallest absolute Gasteiger partial charge is 0.325 e. The van der Waals surface area contributed by atoms with Crippen LogP contribution in [0.1, 0.15) is 26.7 Å². The molecule has 20 heavy (non-hydrogen) atoms. The maximum atomic E-state index is 12.5. The largest absolute Gasteiger partial charge is 0.381 e. The molecule has 2 fully saturated rings. The third-order valence-electron chi connectivity index (χ3n) is 3.63. The van der Waals surface area contributed by atoms with Gasteiger partial charge in [-0.15, -0.1) is 0 Å². The monoisotopic (exact) mass is 286 g/mol. The van der Waals surface area contributed by atoms with Crippen molar-refractivity contribution in [1.82, 2.24) is 10.2 Å². The zero-order valence-electron chi connectivity index (χ0n) is 12.0. The average Bonchev–Trinajstić information content (AvgIpc) is 2.65. The molecule has 2 heterocycles. The molecule has 0 aliphatic carbocycles. The van der Waals surface area contributed by atoms with Crippen LogP contribution in [0.2, 0.25) is 0 Å². The summed E-state index contributed by atoms with van der Waals surface area (Å²) in [5, 5.41) is 2.81. The molecule has 0 saturated carbocycles. The van der Waals surface area contributed by atoms with E-state index in [0.717, 1.165) is 0 Å². The van der Waals surface area contributed by atoms with E-state index in [1.165, 1.54) is 4.90 Å². The average molecular weight is 286 g/mol. The minimum Gasteiger partial charge on any atom is -0.381 e. The van der Waals surface area contributed by atoms with Gasteiger partial charge in [0.2, 0.25) is 0 Å². The van der Waals surface area contributed by atoms with Gasteiger partial charge >= 0.3 is 6.03 Å². The van der Waals surface area contributed by atoms with Crippen molar-refractivity contribution in [2.24, 2.45) is 0 Å². The molecule has 0 aromatic heterocycles. The lowest BCUT2D eigenvalue weighted by Gasteiger charge is -2.30. The molecule has 2 rings (SSSR count). The van der Waals surface area contributed by atoms with Gasteiger partial charge < -0.3 is 19.5 Å². The Bertz CT molecular complexity index is 362. The van der Waals surface area contributed by atoms with Gasteiger partial charge in [-0.2, -0.15) is 0 Å². The van der Waals surface area contributed by atoms with Crippen LogP contribution in [0.5, 0.6) is 0 Å². The summed E-state index contributed by atoms with van der Waals surface area (Å²) in [6.45, 7) is 5.71. The molecule has 114 valence electrons. The van der Waals surface area contributed by atoms with Crippen LogP contribution in [0.25, 0.3) is 0 Å². The third-order valence-corrected chi connectivity index (χ3v) is 3.63. The van der Waals surface area contributed by atoms with E-state index >= 15 is 0 Å². The number of rotatable bonds is 6. The van der Waals surface area contributed by atoms with E-state index < -0.39 is 11.8 Å². The van der Waals surface area contributed by atoms with E-state index in [1.807, 2.05) is 13.8 Å². The first-order chi connectivity index (χ1) is 9.63. The minimum atomic E-state index is -0.793. The molecule has 0 radical (unpaired) electrons. The lowest BCUT2D eigenvalue weighted by molar-refractivity contribution is -0.155. The fraction of sp³-hybridized carbons (Fsp3) is 0.846. The maximum absolute atomic E-state index is 12.5. The van der Waals surface area contributed by atoms with Gasteiger partial charge in [-0.1, -0.05) is 0 Å². The van der Waals surface area contributed by atoms with Gasteiger partial charge in [0.05, 0.1) is 6.54 Å². The minimum absolute atomic E-state index is 0.120. The van der Waals surface area contributed by atoms with E-state index in [2.05, 4.69) is 5.32 Å². The Morgan fingerprint density at radius 1 is 1.25 bits per heavy atom. The predicted molar refractivity (Wildman–Crippen MR) is 70.1 cm³/mol. The standard InChI is InChI=1S/C13H22N2O5/c1-3-19-10(20-4-2)9-15-11(16)13(14-12(15)17)5-7-18-8-6-13/h10H,3-9H2,1-2H3,(H,14,17). The second-order valence-corrected chi connectivity index (χ2v) is 4.88. The summed E-state index contributed by atoms with van der Waals surface area (Å²) in [7, 11) is 0. The van der Waals surface area contributed by atoms with Gasteiger partial charge in [-0.25, -0.2) is 4.79 Å². The van der Waals surface area contributed by atoms with Gasteiger partial charge in [0, 0.05) is 39.3 Å². The van der Waals surface area contributed by atoms with Crippen LogP contribution in [-0.4, -0.2) is 61.6 Å². The zero-order chi connectivity index (χ0) is 14.6. The molecule has 7 heteroatoms. The van der Waals surface area contributed by atoms with Crippen molar-refractivity contribution in [3.05, 3.63) is 0 Å². The number of urea groups is 1. The SMILES string of the molecule is CCOC(CN1C(=O)NC2(CCOCC2)C1=O)OCC. The summed E-state index contributed by atoms with van der Waals surface area (Å²) < 4.78 is 16.1. The Labute approximate surface area is 118 Å². The Morgan fingerprint density at radius 2 is 1.85 bits per heavy atom. The van der Waals surface area contributed by atoms with E-state index in [4.69, 9.17) is 14.2 Å². The van der Waals surface area contributed by atoms with Gasteiger partial charge in [0.25, 0.3) is 5.91 Å². The molecule has 7 nitrogen and oxygen atoms in total. The molecule has 0 bridgehead atoms. The number of carbonyl (C=O) groups is 2. The van der Waals surface area contributed by atoms with Crippen LogP contribution >= 0.6 is 0 Å². The van der Waals surface area contributed by atoms with Crippen LogP contribution in [-0.2, 0) is 19.0 Å². The lowest BCUT2D eigenvalue weighted by atomic mass is 9.90. The number of hydrogen-bond acceptors (Lipinski definition) is 5. The third kappa shape index (κ3) is 2.94. The van der Waals surface area contributed by atoms with Gasteiger partial charge in [-0.05, 0) is 13.8 Å². The van der Waals surface area contributed by atoms with E-state index in [1.54, 1.807) is 0 Å². The fourth-order valence-electron chi connectivity index (χ4n) is 2.58. The van der Waals surface area contributed by atoms with Crippen LogP contribution in [0.3, 0.4) is 0 Å². The Kier molecular flexibility index (Phi) is 4.95. The normalized spacial score (nSPS) is 21.9. The highest BCUT2D eigenvalue weighted by Crippen LogP contribution is 2.28. The predicted octanol–water partition coefficient (Wildman–Crippen LogP) is 0.486. The molecule has 1 spiro atoms. The lowest BCUT2D eigenvalue weighted by Crippen LogP contribution is -2.51. The van der Waals surface area contributed by atoms with Crippen LogP contribution in [0.4, 0.5) is 4.79 Å². The molecule has 0 atom stereocenters. The number of carbonyl (C=O) groups excluding carboxylic acids is 2. The second kappa shape index (κ2) is 6.51. The Balaban J connectivity index is 2.04. The highest BCUT2D eigenvalue weighted by molar-refractivity contribution is 6.07. The fourth-order valence-corrected chi connectivity index (χ4v) is 2.58. The first-order valence-corrected chi connectivity index (χ1v) is 7.08. The summed E-state index contributed by atoms with van der Waals surface area (Å²) in [5.74, 6) is -0.199. The molecule has 0 aromatic rings. The number of nitrogens with one attached hydrogen (secondary N) is 1. The first-order valence-electron chi connectivity index (χ1n) is 7.08. The molecule has 2 aliphatic heterocycles. The topological polar surface area (TPSA) is 77.1 Å². The number of imide groups is 1. The summed E-state index contributed by atoms with van der Waals surface area (Å²) in [6, 6.07) is -0.374. The molecule has 1 N–H and O–H groups in total. The van der Waals surface area contributed by atoms with Crippen LogP contribution in [0, 0.1) is 0 Å². The number of ether oxygens (including phenoxy) is 3. The number of nitrogens with zero attached hydrogens (tertiary/aromatic N) is 1. The summed E-state index contributed by atoms with van der Waals surface area (Å²) >= 11 is 0. The quantitative estimate of drug-likeness (QED) is 0.568. The van der Waals surface area contributed by atoms with Crippen molar-refractivity contribution < 1.29 is 23.8 Å². The maximum Gasteiger partial charge on any atom is 0.325 e. The molecule has 0 unspecified atom stereocenters. The summed E-state index contributed by atoms with van der Waals surface area (Å²) in [6.07, 6.45) is 0.457. The first kappa shape index (κ1) is 15.2. The van der Waals surface area contributed by atoms with E-state index in [9.17, 15) is 9.59 Å². The molecular formula is C13H22N2O5. The van der Waals surface area contributed by atoms with Crippen molar-refractivity contribution in [3.63, 3.8) is 0 Å². The Hall–Kier alpha value is -1.18. The number of amides is 3. The molecular weight excluding hydrogens is 264 g/mol. The molecule has 3 amide bonds. The zero-order valence-corrected chi connectivity index (χ0v) is 12.0. The van der Waals surface area contributed by atoms with Crippen LogP contribution < -0.4 is 5.32 Å². The van der Waals surface area contributed by atoms with Crippen molar-refractivity contribution in [3.8, 4) is 0 Å². The molecule has 0 aromatic carbocycles. The van der Waals surface area contributed by atoms with E-state index in [-0.39, 0.29) is 18.5 Å². The van der Waals surface area contributed by atoms with Crippen molar-refractivity contribution in [2.75, 3.05) is 33.0 Å². The van der Waals surface area contributed by atoms with E-state index in [0.29, 0.717) is 39.3 Å². The van der Waals surface area contributed by atoms with Crippen LogP contribution in [0.15, 0.2) is 0 Å². The highest BCUT2D eigenvalue weighted by atomic mass is 16.7. The Morgan fingerprint density at radius 3 is 2.40 bits per heavy atom. The van der Waals surface area contributed by atoms with Crippen molar-refractivity contribution >= 4 is 11.9 Å². The summed E-state index contributed by atoms with van der Waals surface area (Å²) in [5.41, 5.74) is -0.793. The second-order valence-electron chi connectivity index (χ2n) is 4.88. The summed E-state index contributed by atoms with van der Waals surface area (Å²) in [4.78, 5) is 25.8. The van der Waals surface area contributed by atoms with Gasteiger partial charge in [0.15, 0.2) is 6.29 Å². The molecule has 2 saturated heterocycles. The van der Waals surface area contributed by atoms with Crippen molar-refractivity contribution in [2.45, 2.75) is 38.5 Å². The van der Waals surface area contributed by atoms with Gasteiger partial charge in [-0.3, -0.25) is 9.69 Å². The molecule has 2 aliphatic rings. The van der Waals surface area contributed by atoms with Gasteiger partial charge in [0.1, 0.15) is 5.54 Å². The van der Waals surface area contributed by atoms with Crippen molar-refractivity contribution in [1.29, 1.82) is 0 Å². The number of hydrogen-bond donors (Lipinski definition) is 1.